The van der Waals surface area contributed by atoms with Gasteiger partial charge in [0.25, 0.3) is 0 Å². The van der Waals surface area contributed by atoms with Crippen molar-refractivity contribution in [3.05, 3.63) is 77.9 Å². The van der Waals surface area contributed by atoms with Crippen LogP contribution in [-0.2, 0) is 4.79 Å². The number of ketones is 1. The molecule has 158 valence electrons. The topological polar surface area (TPSA) is 61.7 Å². The number of hydrogen-bond acceptors (Lipinski definition) is 6. The predicted octanol–water partition coefficient (Wildman–Crippen LogP) is 3.57. The van der Waals surface area contributed by atoms with Crippen LogP contribution in [0.25, 0.3) is 5.70 Å². The van der Waals surface area contributed by atoms with Gasteiger partial charge in [-0.25, -0.2) is 0 Å². The molecule has 3 aliphatic heterocycles. The molecule has 1 saturated heterocycles. The summed E-state index contributed by atoms with van der Waals surface area (Å²) in [4.78, 5) is 31.5. The zero-order valence-electron chi connectivity index (χ0n) is 18.1. The van der Waals surface area contributed by atoms with Crippen molar-refractivity contribution in [1.82, 2.24) is 19.8 Å². The van der Waals surface area contributed by atoms with Crippen LogP contribution in [0.2, 0.25) is 0 Å². The van der Waals surface area contributed by atoms with Gasteiger partial charge in [0.2, 0.25) is 0 Å². The van der Waals surface area contributed by atoms with Crippen LogP contribution in [0.3, 0.4) is 0 Å². The molecule has 5 rings (SSSR count). The molecule has 31 heavy (non-hydrogen) atoms. The lowest BCUT2D eigenvalue weighted by Gasteiger charge is -2.42. The fraction of sp³-hybridized carbons (Fsp3) is 0.360. The van der Waals surface area contributed by atoms with E-state index in [1.807, 2.05) is 30.6 Å². The number of aromatic nitrogens is 2. The van der Waals surface area contributed by atoms with E-state index in [1.165, 1.54) is 0 Å². The van der Waals surface area contributed by atoms with Gasteiger partial charge in [0.15, 0.2) is 0 Å². The second kappa shape index (κ2) is 7.85. The van der Waals surface area contributed by atoms with E-state index in [-0.39, 0.29) is 30.0 Å². The molecule has 5 heterocycles. The number of amidine groups is 1. The lowest BCUT2D eigenvalue weighted by molar-refractivity contribution is -0.125. The summed E-state index contributed by atoms with van der Waals surface area (Å²) >= 11 is 0. The van der Waals surface area contributed by atoms with Crippen molar-refractivity contribution in [1.29, 1.82) is 0 Å². The molecule has 4 atom stereocenters. The van der Waals surface area contributed by atoms with Crippen molar-refractivity contribution in [2.24, 2.45) is 4.99 Å². The van der Waals surface area contributed by atoms with E-state index in [9.17, 15) is 4.79 Å². The van der Waals surface area contributed by atoms with E-state index in [0.29, 0.717) is 12.8 Å². The number of likely N-dealkylation sites (tertiary alicyclic amines) is 1. The Morgan fingerprint density at radius 3 is 2.74 bits per heavy atom. The van der Waals surface area contributed by atoms with Gasteiger partial charge in [-0.05, 0) is 56.8 Å². The standard InChI is InChI=1S/C25H27N5O/c1-16-7-5-12-27-24(16)21-13-19(31)14-22(29(21)3)25-17(2)30-20(9-4-10-23(30)28-25)18-8-6-11-26-15-18/h4-12,15,17,21-22,25H,13-14H2,1-3H3/t17?,21-,22+,25?/m1/s1. The normalized spacial score (nSPS) is 28.4. The number of carbonyl (C=O) groups excluding carboxylic acids is 1. The van der Waals surface area contributed by atoms with Crippen LogP contribution in [0.1, 0.15) is 42.6 Å². The number of likely N-dealkylation sites (N-methyl/N-ethyl adjacent to an activating group) is 1. The van der Waals surface area contributed by atoms with E-state index >= 15 is 0 Å². The Morgan fingerprint density at radius 2 is 1.97 bits per heavy atom. The Morgan fingerprint density at radius 1 is 1.13 bits per heavy atom. The molecule has 0 radical (unpaired) electrons. The van der Waals surface area contributed by atoms with Crippen molar-refractivity contribution >= 4 is 17.3 Å². The number of Topliss-reactive ketones (excluding diaryl/α,β-unsaturated/α-hetero) is 1. The predicted molar refractivity (Wildman–Crippen MR) is 121 cm³/mol. The molecule has 0 amide bonds. The first-order chi connectivity index (χ1) is 15.0. The Labute approximate surface area is 183 Å². The van der Waals surface area contributed by atoms with Crippen LogP contribution in [-0.4, -0.2) is 56.6 Å². The van der Waals surface area contributed by atoms with Gasteiger partial charge in [0, 0.05) is 43.0 Å². The molecule has 2 aromatic heterocycles. The molecule has 2 unspecified atom stereocenters. The molecule has 0 bridgehead atoms. The number of nitrogens with zero attached hydrogens (tertiary/aromatic N) is 5. The molecule has 0 saturated carbocycles. The van der Waals surface area contributed by atoms with Gasteiger partial charge in [-0.3, -0.25) is 24.7 Å². The highest BCUT2D eigenvalue weighted by atomic mass is 16.1. The Kier molecular flexibility index (Phi) is 5.02. The van der Waals surface area contributed by atoms with E-state index in [1.54, 1.807) is 6.20 Å². The first-order valence-corrected chi connectivity index (χ1v) is 10.9. The van der Waals surface area contributed by atoms with Crippen molar-refractivity contribution in [2.75, 3.05) is 7.05 Å². The van der Waals surface area contributed by atoms with Crippen molar-refractivity contribution in [2.45, 2.75) is 50.9 Å². The summed E-state index contributed by atoms with van der Waals surface area (Å²) < 4.78 is 0. The van der Waals surface area contributed by atoms with Gasteiger partial charge in [0.05, 0.1) is 29.5 Å². The molecule has 0 spiro atoms. The molecule has 6 nitrogen and oxygen atoms in total. The number of hydrogen-bond donors (Lipinski definition) is 0. The summed E-state index contributed by atoms with van der Waals surface area (Å²) in [5.41, 5.74) is 4.30. The van der Waals surface area contributed by atoms with Crippen molar-refractivity contribution < 1.29 is 4.79 Å². The molecule has 0 aromatic carbocycles. The fourth-order valence-electron chi connectivity index (χ4n) is 5.16. The van der Waals surface area contributed by atoms with Gasteiger partial charge >= 0.3 is 0 Å². The number of allylic oxidation sites excluding steroid dienone is 2. The van der Waals surface area contributed by atoms with Crippen molar-refractivity contribution in [3.8, 4) is 0 Å². The maximum atomic E-state index is 12.8. The van der Waals surface area contributed by atoms with E-state index < -0.39 is 0 Å². The summed E-state index contributed by atoms with van der Waals surface area (Å²) in [6.45, 7) is 4.27. The Hall–Kier alpha value is -3.12. The minimum absolute atomic E-state index is 0.00131. The average Bonchev–Trinajstić information content (AvgIpc) is 3.13. The molecule has 0 N–H and O–H groups in total. The lowest BCUT2D eigenvalue weighted by atomic mass is 9.86. The highest BCUT2D eigenvalue weighted by molar-refractivity contribution is 6.03. The zero-order valence-corrected chi connectivity index (χ0v) is 18.1. The fourth-order valence-corrected chi connectivity index (χ4v) is 5.16. The van der Waals surface area contributed by atoms with Crippen LogP contribution >= 0.6 is 0 Å². The van der Waals surface area contributed by atoms with Gasteiger partial charge in [-0.2, -0.15) is 0 Å². The van der Waals surface area contributed by atoms with Crippen LogP contribution in [0.15, 0.2) is 66.1 Å². The molecule has 3 aliphatic rings. The highest BCUT2D eigenvalue weighted by Crippen LogP contribution is 2.39. The quantitative estimate of drug-likeness (QED) is 0.770. The SMILES string of the molecule is Cc1cccnc1[C@H]1CC(=O)C[C@@H](C2N=C3C=CC=C(c4cccnc4)N3C2C)N1C. The number of carbonyl (C=O) groups is 1. The van der Waals surface area contributed by atoms with Gasteiger partial charge < -0.3 is 4.90 Å². The summed E-state index contributed by atoms with van der Waals surface area (Å²) in [6, 6.07) is 8.20. The smallest absolute Gasteiger partial charge is 0.136 e. The minimum Gasteiger partial charge on any atom is -0.321 e. The number of rotatable bonds is 3. The summed E-state index contributed by atoms with van der Waals surface area (Å²) in [5.74, 6) is 1.24. The second-order valence-electron chi connectivity index (χ2n) is 8.64. The highest BCUT2D eigenvalue weighted by Gasteiger charge is 2.45. The van der Waals surface area contributed by atoms with Gasteiger partial charge in [0.1, 0.15) is 11.6 Å². The Bertz CT molecular complexity index is 1090. The summed E-state index contributed by atoms with van der Waals surface area (Å²) in [6.07, 6.45) is 12.7. The largest absolute Gasteiger partial charge is 0.321 e. The van der Waals surface area contributed by atoms with Gasteiger partial charge in [-0.15, -0.1) is 0 Å². The molecule has 0 aliphatic carbocycles. The Balaban J connectivity index is 1.46. The number of aryl methyl sites for hydroxylation is 1. The third-order valence-corrected chi connectivity index (χ3v) is 6.78. The first kappa shape index (κ1) is 19.8. The lowest BCUT2D eigenvalue weighted by Crippen LogP contribution is -2.52. The summed E-state index contributed by atoms with van der Waals surface area (Å²) in [7, 11) is 2.12. The number of fused-ring (bicyclic) bond motifs is 1. The first-order valence-electron chi connectivity index (χ1n) is 10.9. The van der Waals surface area contributed by atoms with Crippen LogP contribution in [0, 0.1) is 6.92 Å². The zero-order chi connectivity index (χ0) is 21.5. The molecule has 6 heteroatoms. The molecular weight excluding hydrogens is 386 g/mol. The van der Waals surface area contributed by atoms with E-state index in [0.717, 1.165) is 28.4 Å². The number of piperidine rings is 1. The minimum atomic E-state index is -0.0126. The van der Waals surface area contributed by atoms with Gasteiger partial charge in [-0.1, -0.05) is 12.1 Å². The second-order valence-corrected chi connectivity index (χ2v) is 8.64. The van der Waals surface area contributed by atoms with Crippen LogP contribution in [0.5, 0.6) is 0 Å². The molecule has 1 fully saturated rings. The maximum Gasteiger partial charge on any atom is 0.136 e. The van der Waals surface area contributed by atoms with Crippen LogP contribution < -0.4 is 0 Å². The number of pyridine rings is 2. The molecule has 2 aromatic rings. The number of aliphatic imine (C=N–C) groups is 1. The molecular formula is C25H27N5O. The van der Waals surface area contributed by atoms with Crippen LogP contribution in [0.4, 0.5) is 0 Å². The van der Waals surface area contributed by atoms with Crippen molar-refractivity contribution in [3.63, 3.8) is 0 Å². The maximum absolute atomic E-state index is 12.8. The van der Waals surface area contributed by atoms with E-state index in [2.05, 4.69) is 64.9 Å². The average molecular weight is 414 g/mol. The van der Waals surface area contributed by atoms with E-state index in [4.69, 9.17) is 4.99 Å². The third-order valence-electron chi connectivity index (χ3n) is 6.78. The summed E-state index contributed by atoms with van der Waals surface area (Å²) in [5, 5.41) is 0. The third kappa shape index (κ3) is 3.41. The monoisotopic (exact) mass is 413 g/mol.